The highest BCUT2D eigenvalue weighted by Gasteiger charge is 2.33. The Kier molecular flexibility index (Phi) is 6.82. The first-order valence-corrected chi connectivity index (χ1v) is 13.6. The number of rotatable bonds is 7. The van der Waals surface area contributed by atoms with Gasteiger partial charge in [0.2, 0.25) is 0 Å². The van der Waals surface area contributed by atoms with Crippen molar-refractivity contribution in [3.8, 4) is 11.4 Å². The number of fused-ring (bicyclic) bond motifs is 2. The fraction of sp³-hybridized carbons (Fsp3) is 0.367. The Labute approximate surface area is 223 Å². The van der Waals surface area contributed by atoms with E-state index in [1.807, 2.05) is 44.2 Å². The molecule has 2 fully saturated rings. The molecule has 1 aliphatic heterocycles. The van der Waals surface area contributed by atoms with Gasteiger partial charge in [-0.05, 0) is 56.7 Å². The van der Waals surface area contributed by atoms with Crippen LogP contribution in [0.4, 0.5) is 5.82 Å². The van der Waals surface area contributed by atoms with E-state index in [-0.39, 0.29) is 11.9 Å². The minimum Gasteiger partial charge on any atom is -0.367 e. The number of aromatic nitrogens is 3. The van der Waals surface area contributed by atoms with Gasteiger partial charge >= 0.3 is 0 Å². The Morgan fingerprint density at radius 3 is 2.76 bits per heavy atom. The monoisotopic (exact) mass is 509 g/mol. The van der Waals surface area contributed by atoms with Crippen LogP contribution in [0.15, 0.2) is 60.7 Å². The van der Waals surface area contributed by atoms with Gasteiger partial charge in [0.05, 0.1) is 5.69 Å². The molecule has 1 saturated heterocycles. The van der Waals surface area contributed by atoms with Gasteiger partial charge in [0.25, 0.3) is 5.91 Å². The van der Waals surface area contributed by atoms with Crippen molar-refractivity contribution in [3.63, 3.8) is 0 Å². The van der Waals surface area contributed by atoms with Gasteiger partial charge in [0, 0.05) is 53.6 Å². The fourth-order valence-corrected chi connectivity index (χ4v) is 5.67. The van der Waals surface area contributed by atoms with Gasteiger partial charge in [0.15, 0.2) is 5.82 Å². The Hall–Kier alpha value is -3.75. The lowest BCUT2D eigenvalue weighted by Gasteiger charge is -2.31. The van der Waals surface area contributed by atoms with E-state index in [4.69, 9.17) is 9.97 Å². The van der Waals surface area contributed by atoms with Gasteiger partial charge in [0.1, 0.15) is 11.5 Å². The van der Waals surface area contributed by atoms with Crippen molar-refractivity contribution in [1.29, 1.82) is 0 Å². The number of hydrogen-bond acceptors (Lipinski definition) is 6. The number of nitrogens with zero attached hydrogens (tertiary/aromatic N) is 2. The average Bonchev–Trinajstić information content (AvgIpc) is 3.55. The zero-order chi connectivity index (χ0) is 26.1. The van der Waals surface area contributed by atoms with Crippen molar-refractivity contribution in [2.24, 2.45) is 5.92 Å². The van der Waals surface area contributed by atoms with Crippen molar-refractivity contribution in [3.05, 3.63) is 77.6 Å². The van der Waals surface area contributed by atoms with E-state index in [9.17, 15) is 4.79 Å². The number of hydrogen-bond donors (Lipinski definition) is 5. The van der Waals surface area contributed by atoms with Crippen LogP contribution in [-0.2, 0) is 6.42 Å². The molecule has 0 radical (unpaired) electrons. The standard InChI is InChI=1S/C30H35N7O/c1-18(2)32-30(38)27-14-20-8-9-21(15-26(20)35-27)29-34-24(12-19-6-4-3-5-7-19)16-28(36-29)33-23-10-11-25-22(13-23)17-31-37-25/h3-9,14-16,18,22-23,25,31,35,37H,10-13,17H2,1-2H3,(H,32,38)(H,33,34,36). The predicted molar refractivity (Wildman–Crippen MR) is 151 cm³/mol. The third-order valence-electron chi connectivity index (χ3n) is 7.54. The summed E-state index contributed by atoms with van der Waals surface area (Å²) in [6, 6.07) is 21.5. The van der Waals surface area contributed by atoms with Crippen molar-refractivity contribution >= 4 is 22.6 Å². The molecule has 196 valence electrons. The zero-order valence-electron chi connectivity index (χ0n) is 21.9. The van der Waals surface area contributed by atoms with Crippen molar-refractivity contribution < 1.29 is 4.79 Å². The Bertz CT molecular complexity index is 1430. The molecule has 1 amide bonds. The van der Waals surface area contributed by atoms with Gasteiger partial charge < -0.3 is 15.6 Å². The van der Waals surface area contributed by atoms with Crippen LogP contribution in [0.3, 0.4) is 0 Å². The van der Waals surface area contributed by atoms with Crippen LogP contribution in [0.25, 0.3) is 22.3 Å². The van der Waals surface area contributed by atoms with E-state index >= 15 is 0 Å². The molecule has 8 nitrogen and oxygen atoms in total. The van der Waals surface area contributed by atoms with Gasteiger partial charge in [-0.15, -0.1) is 0 Å². The number of carbonyl (C=O) groups excluding carboxylic acids is 1. The smallest absolute Gasteiger partial charge is 0.267 e. The molecule has 6 rings (SSSR count). The summed E-state index contributed by atoms with van der Waals surface area (Å²) < 4.78 is 0. The first-order valence-electron chi connectivity index (χ1n) is 13.6. The third-order valence-corrected chi connectivity index (χ3v) is 7.54. The van der Waals surface area contributed by atoms with E-state index < -0.39 is 0 Å². The van der Waals surface area contributed by atoms with E-state index in [0.29, 0.717) is 29.5 Å². The molecule has 4 aromatic rings. The Balaban J connectivity index is 1.31. The molecule has 3 heterocycles. The topological polar surface area (TPSA) is 107 Å². The highest BCUT2D eigenvalue weighted by Crippen LogP contribution is 2.30. The van der Waals surface area contributed by atoms with Gasteiger partial charge in [-0.1, -0.05) is 42.5 Å². The lowest BCUT2D eigenvalue weighted by atomic mass is 9.83. The Morgan fingerprint density at radius 2 is 1.92 bits per heavy atom. The molecular weight excluding hydrogens is 474 g/mol. The van der Waals surface area contributed by atoms with Crippen LogP contribution >= 0.6 is 0 Å². The predicted octanol–water partition coefficient (Wildman–Crippen LogP) is 4.41. The highest BCUT2D eigenvalue weighted by atomic mass is 16.1. The van der Waals surface area contributed by atoms with Crippen molar-refractivity contribution in [2.75, 3.05) is 11.9 Å². The lowest BCUT2D eigenvalue weighted by Crippen LogP contribution is -2.39. The first-order chi connectivity index (χ1) is 18.5. The maximum atomic E-state index is 12.5. The normalized spacial score (nSPS) is 21.0. The summed E-state index contributed by atoms with van der Waals surface area (Å²) >= 11 is 0. The number of carbonyl (C=O) groups is 1. The van der Waals surface area contributed by atoms with Gasteiger partial charge in [-0.3, -0.25) is 15.6 Å². The lowest BCUT2D eigenvalue weighted by molar-refractivity contribution is 0.0939. The highest BCUT2D eigenvalue weighted by molar-refractivity contribution is 5.98. The first kappa shape index (κ1) is 24.6. The summed E-state index contributed by atoms with van der Waals surface area (Å²) in [6.45, 7) is 4.93. The molecule has 1 aliphatic carbocycles. The molecule has 3 atom stereocenters. The summed E-state index contributed by atoms with van der Waals surface area (Å²) in [6.07, 6.45) is 4.12. The summed E-state index contributed by atoms with van der Waals surface area (Å²) in [5.41, 5.74) is 11.3. The average molecular weight is 510 g/mol. The summed E-state index contributed by atoms with van der Waals surface area (Å²) in [4.78, 5) is 25.7. The number of H-pyrrole nitrogens is 1. The number of aromatic amines is 1. The second-order valence-corrected chi connectivity index (χ2v) is 10.9. The molecule has 38 heavy (non-hydrogen) atoms. The number of benzene rings is 2. The van der Waals surface area contributed by atoms with Crippen LogP contribution in [0.1, 0.15) is 54.9 Å². The second-order valence-electron chi connectivity index (χ2n) is 10.9. The van der Waals surface area contributed by atoms with Gasteiger partial charge in [-0.25, -0.2) is 9.97 Å². The number of hydrazine groups is 1. The van der Waals surface area contributed by atoms with E-state index in [2.05, 4.69) is 56.8 Å². The molecule has 2 aliphatic rings. The maximum Gasteiger partial charge on any atom is 0.267 e. The number of anilines is 1. The largest absolute Gasteiger partial charge is 0.367 e. The van der Waals surface area contributed by atoms with Gasteiger partial charge in [-0.2, -0.15) is 0 Å². The number of nitrogens with one attached hydrogen (secondary N) is 5. The van der Waals surface area contributed by atoms with Crippen LogP contribution in [0.2, 0.25) is 0 Å². The van der Waals surface area contributed by atoms with Crippen LogP contribution in [0, 0.1) is 5.92 Å². The molecule has 3 unspecified atom stereocenters. The minimum atomic E-state index is -0.104. The summed E-state index contributed by atoms with van der Waals surface area (Å²) in [5.74, 6) is 2.09. The molecule has 2 aromatic heterocycles. The molecule has 8 heteroatoms. The summed E-state index contributed by atoms with van der Waals surface area (Å²) in [5, 5.41) is 7.67. The SMILES string of the molecule is CC(C)NC(=O)c1cc2ccc(-c3nc(Cc4ccccc4)cc(NC4CCC5NNCC5C4)n3)cc2[nH]1. The van der Waals surface area contributed by atoms with Crippen LogP contribution in [-0.4, -0.2) is 45.5 Å². The number of amides is 1. The molecule has 0 bridgehead atoms. The minimum absolute atomic E-state index is 0.0763. The molecule has 5 N–H and O–H groups in total. The second kappa shape index (κ2) is 10.6. The molecular formula is C30H35N7O. The van der Waals surface area contributed by atoms with Crippen LogP contribution < -0.4 is 21.5 Å². The third kappa shape index (κ3) is 5.42. The quantitative estimate of drug-likeness (QED) is 0.253. The molecule has 2 aromatic carbocycles. The molecule has 1 saturated carbocycles. The van der Waals surface area contributed by atoms with E-state index in [1.54, 1.807) is 0 Å². The molecule has 0 spiro atoms. The zero-order valence-corrected chi connectivity index (χ0v) is 21.9. The maximum absolute atomic E-state index is 12.5. The van der Waals surface area contributed by atoms with Crippen molar-refractivity contribution in [1.82, 2.24) is 31.1 Å². The Morgan fingerprint density at radius 1 is 1.05 bits per heavy atom. The van der Waals surface area contributed by atoms with Crippen LogP contribution in [0.5, 0.6) is 0 Å². The van der Waals surface area contributed by atoms with E-state index in [1.165, 1.54) is 5.56 Å². The fourth-order valence-electron chi connectivity index (χ4n) is 5.67. The van der Waals surface area contributed by atoms with E-state index in [0.717, 1.165) is 60.2 Å². The van der Waals surface area contributed by atoms with Crippen molar-refractivity contribution in [2.45, 2.75) is 57.7 Å². The summed E-state index contributed by atoms with van der Waals surface area (Å²) in [7, 11) is 0.